The Morgan fingerprint density at radius 3 is 2.30 bits per heavy atom. The second-order valence-electron chi connectivity index (χ2n) is 8.84. The maximum Gasteiger partial charge on any atom is 0.184 e. The SMILES string of the molecule is Cc1cc(OCC(=O)CN2CCC(c3ccc(Oc4ccccc4)cc3)CC2)c(C)cc1N. The highest BCUT2D eigenvalue weighted by molar-refractivity contribution is 5.82. The van der Waals surface area contributed by atoms with Crippen LogP contribution in [0.2, 0.25) is 0 Å². The zero-order valence-electron chi connectivity index (χ0n) is 19.4. The lowest BCUT2D eigenvalue weighted by Gasteiger charge is -2.31. The van der Waals surface area contributed by atoms with Gasteiger partial charge in [-0.2, -0.15) is 0 Å². The average Bonchev–Trinajstić information content (AvgIpc) is 2.82. The standard InChI is InChI=1S/C28H32N2O3/c1-20-17-28(21(2)16-27(20)29)32-19-24(31)18-30-14-12-23(13-15-30)22-8-10-26(11-9-22)33-25-6-4-3-5-7-25/h3-11,16-17,23H,12-15,18-19,29H2,1-2H3. The van der Waals surface area contributed by atoms with Gasteiger partial charge in [0.15, 0.2) is 5.78 Å². The largest absolute Gasteiger partial charge is 0.485 e. The molecule has 0 aliphatic carbocycles. The predicted molar refractivity (Wildman–Crippen MR) is 132 cm³/mol. The summed E-state index contributed by atoms with van der Waals surface area (Å²) in [7, 11) is 0. The Morgan fingerprint density at radius 1 is 0.939 bits per heavy atom. The number of carbonyl (C=O) groups excluding carboxylic acids is 1. The first-order valence-corrected chi connectivity index (χ1v) is 11.5. The smallest absolute Gasteiger partial charge is 0.184 e. The van der Waals surface area contributed by atoms with Crippen molar-refractivity contribution >= 4 is 11.5 Å². The van der Waals surface area contributed by atoms with E-state index in [4.69, 9.17) is 15.2 Å². The third-order valence-electron chi connectivity index (χ3n) is 6.27. The molecule has 0 unspecified atom stereocenters. The number of ketones is 1. The Hall–Kier alpha value is -3.31. The van der Waals surface area contributed by atoms with Gasteiger partial charge in [0.1, 0.15) is 23.9 Å². The molecule has 1 aliphatic heterocycles. The molecule has 172 valence electrons. The summed E-state index contributed by atoms with van der Waals surface area (Å²) in [6.07, 6.45) is 2.09. The molecular formula is C28H32N2O3. The van der Waals surface area contributed by atoms with Gasteiger partial charge in [0.05, 0.1) is 6.54 Å². The molecule has 1 aliphatic rings. The van der Waals surface area contributed by atoms with Gasteiger partial charge in [0.25, 0.3) is 0 Å². The number of nitrogens with two attached hydrogens (primary N) is 1. The van der Waals surface area contributed by atoms with Crippen LogP contribution in [0.1, 0.15) is 35.4 Å². The topological polar surface area (TPSA) is 64.8 Å². The van der Waals surface area contributed by atoms with Crippen molar-refractivity contribution in [1.29, 1.82) is 0 Å². The molecule has 0 atom stereocenters. The normalized spacial score (nSPS) is 14.7. The first kappa shape index (κ1) is 22.9. The number of hydrogen-bond donors (Lipinski definition) is 1. The van der Waals surface area contributed by atoms with Crippen LogP contribution < -0.4 is 15.2 Å². The lowest BCUT2D eigenvalue weighted by Crippen LogP contribution is -2.38. The van der Waals surface area contributed by atoms with Crippen molar-refractivity contribution in [1.82, 2.24) is 4.90 Å². The second-order valence-corrected chi connectivity index (χ2v) is 8.84. The third-order valence-corrected chi connectivity index (χ3v) is 6.27. The van der Waals surface area contributed by atoms with Gasteiger partial charge in [0.2, 0.25) is 0 Å². The molecule has 2 N–H and O–H groups in total. The van der Waals surface area contributed by atoms with Crippen LogP contribution in [0.3, 0.4) is 0 Å². The van der Waals surface area contributed by atoms with E-state index in [9.17, 15) is 4.79 Å². The van der Waals surface area contributed by atoms with E-state index in [2.05, 4.69) is 17.0 Å². The van der Waals surface area contributed by atoms with Crippen molar-refractivity contribution in [3.8, 4) is 17.2 Å². The maximum atomic E-state index is 12.5. The average molecular weight is 445 g/mol. The summed E-state index contributed by atoms with van der Waals surface area (Å²) in [6, 6.07) is 22.0. The first-order valence-electron chi connectivity index (χ1n) is 11.5. The Labute approximate surface area is 196 Å². The van der Waals surface area contributed by atoms with Crippen LogP contribution in [0.4, 0.5) is 5.69 Å². The number of rotatable bonds is 8. The number of hydrogen-bond acceptors (Lipinski definition) is 5. The number of Topliss-reactive ketones (excluding diaryl/α,β-unsaturated/α-hetero) is 1. The number of nitrogens with zero attached hydrogens (tertiary/aromatic N) is 1. The van der Waals surface area contributed by atoms with Gasteiger partial charge in [-0.25, -0.2) is 0 Å². The van der Waals surface area contributed by atoms with Crippen molar-refractivity contribution in [2.45, 2.75) is 32.6 Å². The van der Waals surface area contributed by atoms with E-state index < -0.39 is 0 Å². The molecule has 1 saturated heterocycles. The lowest BCUT2D eigenvalue weighted by atomic mass is 9.89. The number of anilines is 1. The van der Waals surface area contributed by atoms with Crippen molar-refractivity contribution in [3.63, 3.8) is 0 Å². The molecule has 3 aromatic rings. The highest BCUT2D eigenvalue weighted by atomic mass is 16.5. The van der Waals surface area contributed by atoms with Crippen LogP contribution in [0, 0.1) is 13.8 Å². The molecule has 5 heteroatoms. The number of aryl methyl sites for hydroxylation is 2. The minimum absolute atomic E-state index is 0.0903. The van der Waals surface area contributed by atoms with Gasteiger partial charge in [-0.15, -0.1) is 0 Å². The number of benzene rings is 3. The molecule has 5 nitrogen and oxygen atoms in total. The second kappa shape index (κ2) is 10.5. The lowest BCUT2D eigenvalue weighted by molar-refractivity contribution is -0.122. The molecule has 1 heterocycles. The van der Waals surface area contributed by atoms with E-state index in [1.165, 1.54) is 5.56 Å². The maximum absolute atomic E-state index is 12.5. The minimum Gasteiger partial charge on any atom is -0.485 e. The quantitative estimate of drug-likeness (QED) is 0.465. The van der Waals surface area contributed by atoms with Gasteiger partial charge in [-0.3, -0.25) is 9.69 Å². The fourth-order valence-corrected chi connectivity index (χ4v) is 4.28. The van der Waals surface area contributed by atoms with Crippen LogP contribution in [-0.2, 0) is 4.79 Å². The van der Waals surface area contributed by atoms with Crippen LogP contribution >= 0.6 is 0 Å². The molecule has 0 saturated carbocycles. The molecule has 0 aromatic heterocycles. The number of likely N-dealkylation sites (tertiary alicyclic amines) is 1. The van der Waals surface area contributed by atoms with Gasteiger partial charge >= 0.3 is 0 Å². The number of carbonyl (C=O) groups is 1. The van der Waals surface area contributed by atoms with E-state index in [-0.39, 0.29) is 12.4 Å². The molecule has 3 aromatic carbocycles. The zero-order valence-corrected chi connectivity index (χ0v) is 19.4. The number of nitrogen functional groups attached to an aromatic ring is 1. The predicted octanol–water partition coefficient (Wildman–Crippen LogP) is 5.51. The van der Waals surface area contributed by atoms with Gasteiger partial charge in [0, 0.05) is 5.69 Å². The zero-order chi connectivity index (χ0) is 23.2. The van der Waals surface area contributed by atoms with E-state index in [0.29, 0.717) is 12.5 Å². The highest BCUT2D eigenvalue weighted by Gasteiger charge is 2.22. The molecule has 0 spiro atoms. The van der Waals surface area contributed by atoms with Crippen LogP contribution in [0.25, 0.3) is 0 Å². The van der Waals surface area contributed by atoms with Crippen LogP contribution in [0.15, 0.2) is 66.7 Å². The third kappa shape index (κ3) is 6.14. The number of ether oxygens (including phenoxy) is 2. The first-order chi connectivity index (χ1) is 16.0. The van der Waals surface area contributed by atoms with E-state index in [1.807, 2.05) is 68.4 Å². The molecule has 4 rings (SSSR count). The minimum atomic E-state index is 0.0903. The van der Waals surface area contributed by atoms with Crippen molar-refractivity contribution in [2.75, 3.05) is 32.0 Å². The highest BCUT2D eigenvalue weighted by Crippen LogP contribution is 2.30. The fraction of sp³-hybridized carbons (Fsp3) is 0.321. The molecule has 0 amide bonds. The Balaban J connectivity index is 1.22. The summed E-state index contributed by atoms with van der Waals surface area (Å²) in [5.41, 5.74) is 9.91. The molecule has 0 radical (unpaired) electrons. The van der Waals surface area contributed by atoms with E-state index in [1.54, 1.807) is 0 Å². The van der Waals surface area contributed by atoms with E-state index >= 15 is 0 Å². The fourth-order valence-electron chi connectivity index (χ4n) is 4.28. The molecule has 0 bridgehead atoms. The number of piperidine rings is 1. The number of para-hydroxylation sites is 1. The van der Waals surface area contributed by atoms with Crippen molar-refractivity contribution in [2.24, 2.45) is 0 Å². The molecule has 1 fully saturated rings. The van der Waals surface area contributed by atoms with E-state index in [0.717, 1.165) is 60.0 Å². The molecule has 33 heavy (non-hydrogen) atoms. The Morgan fingerprint density at radius 2 is 1.61 bits per heavy atom. The van der Waals surface area contributed by atoms with Gasteiger partial charge < -0.3 is 15.2 Å². The summed E-state index contributed by atoms with van der Waals surface area (Å²) >= 11 is 0. The summed E-state index contributed by atoms with van der Waals surface area (Å²) in [5, 5.41) is 0. The summed E-state index contributed by atoms with van der Waals surface area (Å²) in [6.45, 7) is 6.24. The summed E-state index contributed by atoms with van der Waals surface area (Å²) in [5.74, 6) is 3.03. The van der Waals surface area contributed by atoms with Crippen molar-refractivity contribution in [3.05, 3.63) is 83.4 Å². The monoisotopic (exact) mass is 444 g/mol. The molecular weight excluding hydrogens is 412 g/mol. The summed E-state index contributed by atoms with van der Waals surface area (Å²) in [4.78, 5) is 14.7. The van der Waals surface area contributed by atoms with Crippen molar-refractivity contribution < 1.29 is 14.3 Å². The Kier molecular flexibility index (Phi) is 7.30. The van der Waals surface area contributed by atoms with Gasteiger partial charge in [-0.1, -0.05) is 30.3 Å². The van der Waals surface area contributed by atoms with Crippen LogP contribution in [0.5, 0.6) is 17.2 Å². The van der Waals surface area contributed by atoms with Gasteiger partial charge in [-0.05, 0) is 98.8 Å². The van der Waals surface area contributed by atoms with Crippen LogP contribution in [-0.4, -0.2) is 36.9 Å². The Bertz CT molecular complexity index is 1070. The summed E-state index contributed by atoms with van der Waals surface area (Å²) < 4.78 is 11.7.